The summed E-state index contributed by atoms with van der Waals surface area (Å²) in [7, 11) is 0. The topological polar surface area (TPSA) is 154 Å². The van der Waals surface area contributed by atoms with Crippen LogP contribution in [0.25, 0.3) is 0 Å². The molecule has 3 fully saturated rings. The number of hydrogen-bond acceptors (Lipinski definition) is 10. The number of aliphatic hydroxyl groups excluding tert-OH is 1. The number of hydrogen-bond donors (Lipinski definition) is 2. The molecular formula is C26H36O10. The smallest absolute Gasteiger partial charge is 0.303 e. The number of allylic oxidation sites excluding steroid dienone is 1. The molecule has 0 radical (unpaired) electrons. The Morgan fingerprint density at radius 2 is 1.56 bits per heavy atom. The molecule has 0 aromatic carbocycles. The van der Waals surface area contributed by atoms with Crippen molar-refractivity contribution >= 4 is 30.0 Å². The fourth-order valence-electron chi connectivity index (χ4n) is 7.35. The minimum Gasteiger partial charge on any atom is -0.462 e. The Kier molecular flexibility index (Phi) is 7.29. The Morgan fingerprint density at radius 3 is 2.06 bits per heavy atom. The van der Waals surface area contributed by atoms with Crippen molar-refractivity contribution in [2.24, 2.45) is 28.6 Å². The SMILES string of the molecule is C=C(C=O)[C@H]1C[C@@H](OC(C)=O)[C@H]2[C@@](O)(C1)[C@H](OC(C)=O)C(=O)[C@H]1C(C)(C)[C@H](O)C[C@@H](OC(C)=O)[C@@]12C. The van der Waals surface area contributed by atoms with Crippen molar-refractivity contribution in [3.8, 4) is 0 Å². The van der Waals surface area contributed by atoms with E-state index in [0.29, 0.717) is 6.29 Å². The van der Waals surface area contributed by atoms with Crippen LogP contribution >= 0.6 is 0 Å². The molecule has 0 saturated heterocycles. The molecule has 0 heterocycles. The molecule has 0 bridgehead atoms. The Morgan fingerprint density at radius 1 is 1.00 bits per heavy atom. The summed E-state index contributed by atoms with van der Waals surface area (Å²) in [5.74, 6) is -5.50. The highest BCUT2D eigenvalue weighted by Gasteiger charge is 2.76. The van der Waals surface area contributed by atoms with Gasteiger partial charge in [-0.05, 0) is 24.3 Å². The first kappa shape index (κ1) is 28.0. The van der Waals surface area contributed by atoms with Gasteiger partial charge in [0.15, 0.2) is 11.9 Å². The summed E-state index contributed by atoms with van der Waals surface area (Å²) in [6, 6.07) is 0. The predicted octanol–water partition coefficient (Wildman–Crippen LogP) is 1.29. The van der Waals surface area contributed by atoms with Gasteiger partial charge in [0.25, 0.3) is 0 Å². The monoisotopic (exact) mass is 508 g/mol. The number of ether oxygens (including phenoxy) is 3. The summed E-state index contributed by atoms with van der Waals surface area (Å²) >= 11 is 0. The third-order valence-corrected chi connectivity index (χ3v) is 8.61. The highest BCUT2D eigenvalue weighted by atomic mass is 16.6. The molecule has 0 amide bonds. The fraction of sp³-hybridized carbons (Fsp3) is 0.731. The Bertz CT molecular complexity index is 985. The lowest BCUT2D eigenvalue weighted by Gasteiger charge is -2.67. The van der Waals surface area contributed by atoms with Crippen LogP contribution in [0, 0.1) is 28.6 Å². The summed E-state index contributed by atoms with van der Waals surface area (Å²) in [6.45, 7) is 12.3. The first-order valence-corrected chi connectivity index (χ1v) is 12.1. The third kappa shape index (κ3) is 4.28. The van der Waals surface area contributed by atoms with Gasteiger partial charge in [-0.15, -0.1) is 0 Å². The van der Waals surface area contributed by atoms with Gasteiger partial charge in [0, 0.05) is 49.9 Å². The van der Waals surface area contributed by atoms with E-state index in [1.165, 1.54) is 13.8 Å². The van der Waals surface area contributed by atoms with Crippen LogP contribution in [0.3, 0.4) is 0 Å². The van der Waals surface area contributed by atoms with Crippen molar-refractivity contribution in [1.82, 2.24) is 0 Å². The average Bonchev–Trinajstić information content (AvgIpc) is 2.73. The summed E-state index contributed by atoms with van der Waals surface area (Å²) in [4.78, 5) is 62.1. The van der Waals surface area contributed by atoms with Crippen LogP contribution in [-0.2, 0) is 38.2 Å². The minimum absolute atomic E-state index is 0.0189. The second kappa shape index (κ2) is 9.37. The van der Waals surface area contributed by atoms with Crippen LogP contribution in [0.4, 0.5) is 0 Å². The zero-order chi connectivity index (χ0) is 27.4. The molecular weight excluding hydrogens is 472 g/mol. The Balaban J connectivity index is 2.34. The lowest BCUT2D eigenvalue weighted by Crippen LogP contribution is -2.78. The first-order valence-electron chi connectivity index (χ1n) is 12.1. The van der Waals surface area contributed by atoms with Gasteiger partial charge in [0.2, 0.25) is 0 Å². The largest absolute Gasteiger partial charge is 0.462 e. The summed E-state index contributed by atoms with van der Waals surface area (Å²) in [5, 5.41) is 23.3. The van der Waals surface area contributed by atoms with Crippen molar-refractivity contribution < 1.29 is 48.4 Å². The Hall–Kier alpha value is -2.59. The van der Waals surface area contributed by atoms with E-state index in [4.69, 9.17) is 14.2 Å². The second-order valence-electron chi connectivity index (χ2n) is 11.3. The van der Waals surface area contributed by atoms with Gasteiger partial charge in [-0.2, -0.15) is 0 Å². The zero-order valence-corrected chi connectivity index (χ0v) is 21.6. The molecule has 0 aromatic rings. The van der Waals surface area contributed by atoms with Gasteiger partial charge >= 0.3 is 17.9 Å². The molecule has 10 heteroatoms. The maximum absolute atomic E-state index is 14.1. The van der Waals surface area contributed by atoms with E-state index < -0.39 is 82.3 Å². The van der Waals surface area contributed by atoms with Gasteiger partial charge in [-0.25, -0.2) is 0 Å². The summed E-state index contributed by atoms with van der Waals surface area (Å²) in [5.41, 5.74) is -4.35. The van der Waals surface area contributed by atoms with Crippen LogP contribution in [0.15, 0.2) is 12.2 Å². The van der Waals surface area contributed by atoms with Crippen LogP contribution < -0.4 is 0 Å². The van der Waals surface area contributed by atoms with E-state index in [9.17, 15) is 34.2 Å². The first-order chi connectivity index (χ1) is 16.5. The molecule has 9 atom stereocenters. The molecule has 3 aliphatic carbocycles. The number of Topliss-reactive ketones (excluding diaryl/α,β-unsaturated/α-hetero) is 1. The Labute approximate surface area is 210 Å². The van der Waals surface area contributed by atoms with E-state index in [-0.39, 0.29) is 24.8 Å². The average molecular weight is 509 g/mol. The van der Waals surface area contributed by atoms with Crippen molar-refractivity contribution in [3.63, 3.8) is 0 Å². The quantitative estimate of drug-likeness (QED) is 0.240. The van der Waals surface area contributed by atoms with Gasteiger partial charge in [0.1, 0.15) is 24.1 Å². The van der Waals surface area contributed by atoms with Crippen LogP contribution in [0.1, 0.15) is 60.8 Å². The molecule has 10 nitrogen and oxygen atoms in total. The van der Waals surface area contributed by atoms with Crippen molar-refractivity contribution in [3.05, 3.63) is 12.2 Å². The highest BCUT2D eigenvalue weighted by Crippen LogP contribution is 2.65. The van der Waals surface area contributed by atoms with Gasteiger partial charge in [0.05, 0.1) is 6.10 Å². The van der Waals surface area contributed by atoms with Gasteiger partial charge < -0.3 is 24.4 Å². The maximum Gasteiger partial charge on any atom is 0.303 e. The highest BCUT2D eigenvalue weighted by molar-refractivity contribution is 5.92. The van der Waals surface area contributed by atoms with Crippen LogP contribution in [-0.4, -0.2) is 70.2 Å². The minimum atomic E-state index is -2.08. The molecule has 0 aromatic heterocycles. The normalized spacial score (nSPS) is 41.2. The second-order valence-corrected chi connectivity index (χ2v) is 11.3. The number of aliphatic hydroxyl groups is 2. The van der Waals surface area contributed by atoms with E-state index in [1.807, 2.05) is 0 Å². The third-order valence-electron chi connectivity index (χ3n) is 8.61. The number of fused-ring (bicyclic) bond motifs is 3. The fourth-order valence-corrected chi connectivity index (χ4v) is 7.35. The number of carbonyl (C=O) groups excluding carboxylic acids is 5. The van der Waals surface area contributed by atoms with E-state index in [0.717, 1.165) is 6.92 Å². The van der Waals surface area contributed by atoms with Gasteiger partial charge in [-0.1, -0.05) is 27.4 Å². The standard InChI is InChI=1S/C26H36O10/c1-12(11-27)16-8-17(34-13(2)28)21-25(7)19(35-14(3)29)9-18(31)24(5,6)22(25)20(32)23(36-15(4)30)26(21,33)10-16/h11,16-19,21-23,31,33H,1,8-10H2,2-7H3/t16-,17+,18+,19+,21+,22-,23+,25+,26-/m0/s1. The molecule has 2 N–H and O–H groups in total. The predicted molar refractivity (Wildman–Crippen MR) is 124 cm³/mol. The van der Waals surface area contributed by atoms with Crippen molar-refractivity contribution in [2.45, 2.75) is 90.8 Å². The lowest BCUT2D eigenvalue weighted by atomic mass is 9.40. The molecule has 3 saturated carbocycles. The molecule has 0 spiro atoms. The van der Waals surface area contributed by atoms with Crippen LogP contribution in [0.5, 0.6) is 0 Å². The lowest BCUT2D eigenvalue weighted by molar-refractivity contribution is -0.289. The van der Waals surface area contributed by atoms with E-state index in [1.54, 1.807) is 20.8 Å². The number of aldehydes is 1. The van der Waals surface area contributed by atoms with Crippen molar-refractivity contribution in [1.29, 1.82) is 0 Å². The molecule has 0 unspecified atom stereocenters. The number of carbonyl (C=O) groups is 5. The number of esters is 3. The molecule has 36 heavy (non-hydrogen) atoms. The zero-order valence-electron chi connectivity index (χ0n) is 21.6. The number of ketones is 1. The van der Waals surface area contributed by atoms with Crippen molar-refractivity contribution in [2.75, 3.05) is 0 Å². The molecule has 200 valence electrons. The van der Waals surface area contributed by atoms with E-state index >= 15 is 0 Å². The molecule has 3 aliphatic rings. The van der Waals surface area contributed by atoms with E-state index in [2.05, 4.69) is 6.58 Å². The van der Waals surface area contributed by atoms with Gasteiger partial charge in [-0.3, -0.25) is 24.0 Å². The number of rotatable bonds is 5. The summed E-state index contributed by atoms with van der Waals surface area (Å²) < 4.78 is 16.8. The molecule has 0 aliphatic heterocycles. The van der Waals surface area contributed by atoms with Crippen LogP contribution in [0.2, 0.25) is 0 Å². The molecule has 3 rings (SSSR count). The summed E-state index contributed by atoms with van der Waals surface area (Å²) in [6.07, 6.45) is -4.33. The maximum atomic E-state index is 14.1.